The Morgan fingerprint density at radius 2 is 1.66 bits per heavy atom. The molecular formula is C26H25ClN2O4S2. The lowest BCUT2D eigenvalue weighted by Crippen LogP contribution is -2.19. The van der Waals surface area contributed by atoms with Crippen LogP contribution in [-0.4, -0.2) is 27.7 Å². The van der Waals surface area contributed by atoms with Crippen molar-refractivity contribution >= 4 is 60.3 Å². The topological polar surface area (TPSA) is 84.5 Å². The van der Waals surface area contributed by atoms with Gasteiger partial charge in [-0.25, -0.2) is 8.42 Å². The standard InChI is InChI=1S/C26H25ClN2O4S2/c1-26(2,17-5-8-22(33-3)9-6-17)18-13-19(27)15-21(14-18)28-25(30)24-12-16-11-20(29-35(4,31)32)7-10-23(16)34-24/h5-15,29H,1-4H3,(H,28,30). The third-order valence-electron chi connectivity index (χ3n) is 5.73. The van der Waals surface area contributed by atoms with Gasteiger partial charge in [0.15, 0.2) is 0 Å². The average Bonchev–Trinajstić information content (AvgIpc) is 3.21. The van der Waals surface area contributed by atoms with Gasteiger partial charge < -0.3 is 10.1 Å². The predicted octanol–water partition coefficient (Wildman–Crippen LogP) is 6.51. The molecule has 0 fully saturated rings. The van der Waals surface area contributed by atoms with Gasteiger partial charge in [-0.15, -0.1) is 11.3 Å². The van der Waals surface area contributed by atoms with Crippen molar-refractivity contribution in [3.8, 4) is 5.75 Å². The largest absolute Gasteiger partial charge is 0.497 e. The summed E-state index contributed by atoms with van der Waals surface area (Å²) in [6.45, 7) is 4.19. The van der Waals surface area contributed by atoms with Crippen LogP contribution in [0.25, 0.3) is 10.1 Å². The summed E-state index contributed by atoms with van der Waals surface area (Å²) in [6.07, 6.45) is 1.10. The first kappa shape index (κ1) is 25.0. The monoisotopic (exact) mass is 528 g/mol. The molecule has 0 aliphatic heterocycles. The second kappa shape index (κ2) is 9.53. The number of methoxy groups -OCH3 is 1. The maximum absolute atomic E-state index is 13.0. The van der Waals surface area contributed by atoms with Crippen LogP contribution in [0.5, 0.6) is 5.75 Å². The smallest absolute Gasteiger partial charge is 0.265 e. The van der Waals surface area contributed by atoms with Gasteiger partial charge in [0.1, 0.15) is 5.75 Å². The van der Waals surface area contributed by atoms with Gasteiger partial charge in [-0.1, -0.05) is 37.6 Å². The van der Waals surface area contributed by atoms with E-state index in [-0.39, 0.29) is 11.3 Å². The molecule has 0 spiro atoms. The van der Waals surface area contributed by atoms with Crippen LogP contribution in [0, 0.1) is 0 Å². The highest BCUT2D eigenvalue weighted by molar-refractivity contribution is 7.92. The van der Waals surface area contributed by atoms with Crippen molar-refractivity contribution in [2.24, 2.45) is 0 Å². The van der Waals surface area contributed by atoms with Crippen LogP contribution in [0.3, 0.4) is 0 Å². The number of nitrogens with one attached hydrogen (secondary N) is 2. The summed E-state index contributed by atoms with van der Waals surface area (Å²) in [5, 5.41) is 4.25. The maximum atomic E-state index is 13.0. The molecule has 6 nitrogen and oxygen atoms in total. The zero-order valence-corrected chi connectivity index (χ0v) is 22.1. The minimum absolute atomic E-state index is 0.265. The van der Waals surface area contributed by atoms with Crippen LogP contribution in [0.15, 0.2) is 66.7 Å². The highest BCUT2D eigenvalue weighted by atomic mass is 35.5. The van der Waals surface area contributed by atoms with Crippen LogP contribution >= 0.6 is 22.9 Å². The van der Waals surface area contributed by atoms with E-state index < -0.39 is 10.0 Å². The molecule has 0 radical (unpaired) electrons. The lowest BCUT2D eigenvalue weighted by Gasteiger charge is -2.27. The average molecular weight is 529 g/mol. The molecule has 0 saturated heterocycles. The van der Waals surface area contributed by atoms with E-state index in [1.54, 1.807) is 37.4 Å². The fraction of sp³-hybridized carbons (Fsp3) is 0.192. The molecule has 0 aliphatic rings. The van der Waals surface area contributed by atoms with Crippen molar-refractivity contribution in [3.63, 3.8) is 0 Å². The summed E-state index contributed by atoms with van der Waals surface area (Å²) in [5.74, 6) is 0.519. The molecule has 182 valence electrons. The van der Waals surface area contributed by atoms with Crippen molar-refractivity contribution < 1.29 is 17.9 Å². The van der Waals surface area contributed by atoms with E-state index in [2.05, 4.69) is 23.9 Å². The summed E-state index contributed by atoms with van der Waals surface area (Å²) in [5.41, 5.74) is 2.72. The van der Waals surface area contributed by atoms with Gasteiger partial charge in [-0.3, -0.25) is 9.52 Å². The Kier molecular flexibility index (Phi) is 6.81. The fourth-order valence-electron chi connectivity index (χ4n) is 3.82. The maximum Gasteiger partial charge on any atom is 0.265 e. The number of amides is 1. The number of fused-ring (bicyclic) bond motifs is 1. The number of carbonyl (C=O) groups is 1. The highest BCUT2D eigenvalue weighted by Gasteiger charge is 2.24. The van der Waals surface area contributed by atoms with Crippen LogP contribution in [0.2, 0.25) is 5.02 Å². The Balaban J connectivity index is 1.59. The number of thiophene rings is 1. The second-order valence-electron chi connectivity index (χ2n) is 8.77. The molecule has 1 aromatic heterocycles. The van der Waals surface area contributed by atoms with Gasteiger partial charge in [-0.05, 0) is 71.1 Å². The molecule has 4 aromatic rings. The van der Waals surface area contributed by atoms with Crippen molar-refractivity contribution in [2.75, 3.05) is 23.4 Å². The first-order valence-corrected chi connectivity index (χ1v) is 13.8. The third kappa shape index (κ3) is 5.78. The van der Waals surface area contributed by atoms with Gasteiger partial charge in [-0.2, -0.15) is 0 Å². The van der Waals surface area contributed by atoms with Crippen molar-refractivity contribution in [2.45, 2.75) is 19.3 Å². The fourth-order valence-corrected chi connectivity index (χ4v) is 5.55. The number of benzene rings is 3. The van der Waals surface area contributed by atoms with E-state index in [1.807, 2.05) is 36.4 Å². The van der Waals surface area contributed by atoms with Gasteiger partial charge in [0.25, 0.3) is 5.91 Å². The minimum atomic E-state index is -3.38. The lowest BCUT2D eigenvalue weighted by molar-refractivity contribution is 0.103. The Hall–Kier alpha value is -3.07. The summed E-state index contributed by atoms with van der Waals surface area (Å²) in [4.78, 5) is 13.5. The quantitative estimate of drug-likeness (QED) is 0.286. The Morgan fingerprint density at radius 1 is 0.943 bits per heavy atom. The molecular weight excluding hydrogens is 504 g/mol. The SMILES string of the molecule is COc1ccc(C(C)(C)c2cc(Cl)cc(NC(=O)c3cc4cc(NS(C)(=O)=O)ccc4s3)c2)cc1. The van der Waals surface area contributed by atoms with Crippen molar-refractivity contribution in [1.82, 2.24) is 0 Å². The van der Waals surface area contributed by atoms with Crippen LogP contribution in [0.4, 0.5) is 11.4 Å². The second-order valence-corrected chi connectivity index (χ2v) is 12.0. The van der Waals surface area contributed by atoms with E-state index in [0.717, 1.165) is 33.2 Å². The number of anilines is 2. The van der Waals surface area contributed by atoms with E-state index in [9.17, 15) is 13.2 Å². The van der Waals surface area contributed by atoms with E-state index in [1.165, 1.54) is 11.3 Å². The molecule has 4 rings (SSSR count). The number of sulfonamides is 1. The molecule has 35 heavy (non-hydrogen) atoms. The number of hydrogen-bond donors (Lipinski definition) is 2. The van der Waals surface area contributed by atoms with Gasteiger partial charge >= 0.3 is 0 Å². The molecule has 1 heterocycles. The molecule has 3 aromatic carbocycles. The summed E-state index contributed by atoms with van der Waals surface area (Å²) in [7, 11) is -1.75. The van der Waals surface area contributed by atoms with E-state index in [0.29, 0.717) is 21.3 Å². The van der Waals surface area contributed by atoms with E-state index in [4.69, 9.17) is 16.3 Å². The van der Waals surface area contributed by atoms with E-state index >= 15 is 0 Å². The molecule has 9 heteroatoms. The Bertz CT molecular complexity index is 1510. The summed E-state index contributed by atoms with van der Waals surface area (Å²) >= 11 is 7.76. The highest BCUT2D eigenvalue weighted by Crippen LogP contribution is 2.36. The first-order chi connectivity index (χ1) is 16.4. The zero-order valence-electron chi connectivity index (χ0n) is 19.7. The summed E-state index contributed by atoms with van der Waals surface area (Å²) < 4.78 is 31.6. The molecule has 0 atom stereocenters. The van der Waals surface area contributed by atoms with Crippen LogP contribution in [-0.2, 0) is 15.4 Å². The van der Waals surface area contributed by atoms with Gasteiger partial charge in [0.05, 0.1) is 18.2 Å². The Labute approximate surface area is 213 Å². The molecule has 0 aliphatic carbocycles. The molecule has 1 amide bonds. The number of rotatable bonds is 7. The van der Waals surface area contributed by atoms with Gasteiger partial charge in [0.2, 0.25) is 10.0 Å². The summed E-state index contributed by atoms with van der Waals surface area (Å²) in [6, 6.07) is 20.3. The first-order valence-electron chi connectivity index (χ1n) is 10.7. The van der Waals surface area contributed by atoms with Crippen LogP contribution < -0.4 is 14.8 Å². The lowest BCUT2D eigenvalue weighted by atomic mass is 9.78. The van der Waals surface area contributed by atoms with Crippen molar-refractivity contribution in [1.29, 1.82) is 0 Å². The number of carbonyl (C=O) groups excluding carboxylic acids is 1. The molecule has 0 saturated carbocycles. The number of ether oxygens (including phenoxy) is 1. The number of halogens is 1. The minimum Gasteiger partial charge on any atom is -0.497 e. The number of hydrogen-bond acceptors (Lipinski definition) is 5. The predicted molar refractivity (Wildman–Crippen MR) is 145 cm³/mol. The zero-order chi connectivity index (χ0) is 25.4. The molecule has 0 unspecified atom stereocenters. The van der Waals surface area contributed by atoms with Crippen molar-refractivity contribution in [3.05, 3.63) is 87.8 Å². The molecule has 2 N–H and O–H groups in total. The third-order valence-corrected chi connectivity index (χ3v) is 7.67. The van der Waals surface area contributed by atoms with Gasteiger partial charge in [0, 0.05) is 26.5 Å². The Morgan fingerprint density at radius 3 is 2.31 bits per heavy atom. The normalized spacial score (nSPS) is 11.9. The molecule has 0 bridgehead atoms. The van der Waals surface area contributed by atoms with Crippen LogP contribution in [0.1, 0.15) is 34.6 Å².